The Morgan fingerprint density at radius 3 is 2.57 bits per heavy atom. The van der Waals surface area contributed by atoms with E-state index in [2.05, 4.69) is 13.3 Å². The second-order valence-corrected chi connectivity index (χ2v) is 5.99. The van der Waals surface area contributed by atoms with E-state index in [4.69, 9.17) is 21.0 Å². The van der Waals surface area contributed by atoms with Gasteiger partial charge in [0.05, 0.1) is 0 Å². The Balaban J connectivity index is 0.00000136. The van der Waals surface area contributed by atoms with Crippen LogP contribution in [0.2, 0.25) is 0 Å². The molecule has 4 N–H and O–H groups in total. The standard InChI is InChI=1S/C20H17N3O3.CH4.FH/c21-19(22)16-3-1-2-13(11-16)4-5-14-6-7-17-15(10-14)8-9-23(20(17)26)12-18(24)25;;/h1-3,6-7,10-11H,8-9,12H2,(H3,21,22)(H,24,25);1H4;1H/i/hT. The summed E-state index contributed by atoms with van der Waals surface area (Å²) in [6.45, 7) is 0.0992. The third-order valence-corrected chi connectivity index (χ3v) is 4.12. The van der Waals surface area contributed by atoms with Crippen LogP contribution < -0.4 is 5.73 Å². The van der Waals surface area contributed by atoms with E-state index in [0.717, 1.165) is 16.7 Å². The van der Waals surface area contributed by atoms with Gasteiger partial charge in [0.2, 0.25) is 0 Å². The maximum absolute atomic E-state index is 12.3. The van der Waals surface area contributed by atoms with Crippen LogP contribution in [0, 0.1) is 17.3 Å². The zero-order valence-electron chi connectivity index (χ0n) is 15.3. The molecule has 0 saturated heterocycles. The first-order valence-electron chi connectivity index (χ1n) is 8.42. The number of carboxylic acids is 1. The minimum absolute atomic E-state index is 0. The molecule has 3 rings (SSSR count). The van der Waals surface area contributed by atoms with Gasteiger partial charge in [0.25, 0.3) is 7.36 Å². The number of rotatable bonds is 3. The summed E-state index contributed by atoms with van der Waals surface area (Å²) in [4.78, 5) is 24.5. The zero-order valence-corrected chi connectivity index (χ0v) is 14.3. The first-order valence-corrected chi connectivity index (χ1v) is 8.04. The molecule has 28 heavy (non-hydrogen) atoms. The molecule has 0 radical (unpaired) electrons. The Morgan fingerprint density at radius 2 is 1.93 bits per heavy atom. The molecule has 0 atom stereocenters. The molecule has 1 heterocycles. The molecular weight excluding hydrogens is 361 g/mol. The number of amidine groups is 1. The maximum Gasteiger partial charge on any atom is 0.323 e. The number of aliphatic carboxylic acids is 1. The highest BCUT2D eigenvalue weighted by Crippen LogP contribution is 2.20. The fraction of sp³-hybridized carbons (Fsp3) is 0.190. The van der Waals surface area contributed by atoms with Crippen LogP contribution in [-0.4, -0.2) is 42.3 Å². The van der Waals surface area contributed by atoms with E-state index in [1.807, 2.05) is 12.1 Å². The summed E-state index contributed by atoms with van der Waals surface area (Å²) in [6, 6.07) is 12.5. The number of carbonyl (C=O) groups excluding carboxylic acids is 1. The van der Waals surface area contributed by atoms with Gasteiger partial charge in [0.1, 0.15) is 12.4 Å². The van der Waals surface area contributed by atoms with Crippen molar-refractivity contribution >= 4 is 17.7 Å². The predicted molar refractivity (Wildman–Crippen MR) is 106 cm³/mol. The van der Waals surface area contributed by atoms with Crippen molar-refractivity contribution in [3.63, 3.8) is 0 Å². The van der Waals surface area contributed by atoms with Crippen molar-refractivity contribution in [2.24, 2.45) is 5.73 Å². The summed E-state index contributed by atoms with van der Waals surface area (Å²) in [7, 11) is 0. The topological polar surface area (TPSA) is 107 Å². The van der Waals surface area contributed by atoms with Gasteiger partial charge in [-0.25, -0.2) is 0 Å². The van der Waals surface area contributed by atoms with Crippen molar-refractivity contribution in [1.82, 2.24) is 4.90 Å². The van der Waals surface area contributed by atoms with Gasteiger partial charge >= 0.3 is 5.97 Å². The van der Waals surface area contributed by atoms with Gasteiger partial charge in [0, 0.05) is 28.8 Å². The average molecular weight is 385 g/mol. The smallest absolute Gasteiger partial charge is 0.323 e. The van der Waals surface area contributed by atoms with Crippen LogP contribution in [0.4, 0.5) is 4.72 Å². The highest BCUT2D eigenvalue weighted by Gasteiger charge is 2.25. The van der Waals surface area contributed by atoms with E-state index in [1.54, 1.807) is 30.3 Å². The molecule has 7 heteroatoms. The second kappa shape index (κ2) is 9.33. The molecule has 0 saturated carbocycles. The molecule has 2 aromatic carbocycles. The van der Waals surface area contributed by atoms with Crippen molar-refractivity contribution < 1.29 is 19.4 Å². The fourth-order valence-electron chi connectivity index (χ4n) is 2.84. The highest BCUT2D eigenvalue weighted by molar-refractivity contribution is 5.98. The van der Waals surface area contributed by atoms with Crippen LogP contribution in [0.1, 0.15) is 40.0 Å². The SMILES string of the molecule is C.N=C(N)c1cccc(C#Cc2ccc3c(c2)CCN(CC(=O)O)C3=O)c1.[3H]F. The van der Waals surface area contributed by atoms with Crippen molar-refractivity contribution in [1.29, 1.82) is 6.86 Å². The average Bonchev–Trinajstić information content (AvgIpc) is 2.70. The summed E-state index contributed by atoms with van der Waals surface area (Å²) < 4.78 is 13.0. The summed E-state index contributed by atoms with van der Waals surface area (Å²) in [5, 5.41) is 16.3. The van der Waals surface area contributed by atoms with Gasteiger partial charge < -0.3 is 15.7 Å². The molecule has 0 unspecified atom stereocenters. The number of amides is 1. The Hall–Kier alpha value is -3.66. The van der Waals surface area contributed by atoms with Gasteiger partial charge in [-0.2, -0.15) is 0 Å². The molecule has 1 aliphatic rings. The van der Waals surface area contributed by atoms with E-state index < -0.39 is 5.97 Å². The summed E-state index contributed by atoms with van der Waals surface area (Å²) in [5.41, 5.74) is 9.03. The minimum atomic E-state index is -1.02. The summed E-state index contributed by atoms with van der Waals surface area (Å²) >= 11 is 0. The maximum atomic E-state index is 12.3. The van der Waals surface area contributed by atoms with Crippen LogP contribution >= 0.6 is 0 Å². The quantitative estimate of drug-likeness (QED) is 0.428. The molecule has 1 amide bonds. The fourth-order valence-corrected chi connectivity index (χ4v) is 2.84. The molecular formula is C21H22FN3O3. The van der Waals surface area contributed by atoms with Crippen molar-refractivity contribution in [2.45, 2.75) is 13.8 Å². The lowest BCUT2D eigenvalue weighted by molar-refractivity contribution is -0.137. The lowest BCUT2D eigenvalue weighted by Gasteiger charge is -2.27. The van der Waals surface area contributed by atoms with E-state index >= 15 is 0 Å². The van der Waals surface area contributed by atoms with Crippen LogP contribution in [-0.2, 0) is 11.2 Å². The number of hydrogen-bond acceptors (Lipinski definition) is 3. The number of nitrogens with one attached hydrogen (secondary N) is 1. The second-order valence-electron chi connectivity index (χ2n) is 5.99. The monoisotopic (exact) mass is 385 g/mol. The number of halogens is 1. The minimum Gasteiger partial charge on any atom is -0.480 e. The third kappa shape index (κ3) is 4.95. The highest BCUT2D eigenvalue weighted by atomic mass is 19.0. The van der Waals surface area contributed by atoms with Gasteiger partial charge in [0.15, 0.2) is 0 Å². The number of nitrogens with two attached hydrogens (primary N) is 1. The molecule has 0 aliphatic carbocycles. The molecule has 0 spiro atoms. The van der Waals surface area contributed by atoms with Crippen LogP contribution in [0.5, 0.6) is 0 Å². The van der Waals surface area contributed by atoms with Crippen LogP contribution in [0.25, 0.3) is 0 Å². The lowest BCUT2D eigenvalue weighted by atomic mass is 9.96. The van der Waals surface area contributed by atoms with E-state index in [-0.39, 0.29) is 25.7 Å². The van der Waals surface area contributed by atoms with Gasteiger partial charge in [-0.05, 0) is 42.3 Å². The predicted octanol–water partition coefficient (Wildman–Crippen LogP) is 2.24. The number of carboxylic acid groups (broad SMARTS) is 1. The van der Waals surface area contributed by atoms with Crippen LogP contribution in [0.3, 0.4) is 0 Å². The van der Waals surface area contributed by atoms with Gasteiger partial charge in [-0.3, -0.25) is 19.7 Å². The Bertz CT molecular complexity index is 983. The largest absolute Gasteiger partial charge is 0.480 e. The zero-order chi connectivity index (χ0) is 20.7. The molecule has 0 bridgehead atoms. The Labute approximate surface area is 164 Å². The van der Waals surface area contributed by atoms with Crippen LogP contribution in [0.15, 0.2) is 42.5 Å². The van der Waals surface area contributed by atoms with Crippen molar-refractivity contribution in [3.05, 3.63) is 70.3 Å². The number of benzene rings is 2. The number of nitrogens with zero attached hydrogens (tertiary/aromatic N) is 1. The number of carbonyl (C=O) groups is 2. The number of nitrogen functional groups attached to an aromatic ring is 1. The first-order chi connectivity index (χ1) is 13.4. The van der Waals surface area contributed by atoms with Gasteiger partial charge in [-0.1, -0.05) is 31.4 Å². The number of hydrogen-bond donors (Lipinski definition) is 3. The van der Waals surface area contributed by atoms with E-state index in [0.29, 0.717) is 24.1 Å². The molecule has 2 aromatic rings. The molecule has 0 aromatic heterocycles. The van der Waals surface area contributed by atoms with E-state index in [9.17, 15) is 9.59 Å². The van der Waals surface area contributed by atoms with E-state index in [1.165, 1.54) is 4.90 Å². The van der Waals surface area contributed by atoms with Crippen molar-refractivity contribution in [3.8, 4) is 11.8 Å². The summed E-state index contributed by atoms with van der Waals surface area (Å²) in [5.74, 6) is 4.80. The van der Waals surface area contributed by atoms with Crippen molar-refractivity contribution in [2.75, 3.05) is 13.1 Å². The third-order valence-electron chi connectivity index (χ3n) is 4.12. The molecule has 6 nitrogen and oxygen atoms in total. The normalized spacial score (nSPS) is 12.1. The lowest BCUT2D eigenvalue weighted by Crippen LogP contribution is -2.40. The molecule has 0 fully saturated rings. The van der Waals surface area contributed by atoms with Gasteiger partial charge in [-0.15, -0.1) is 0 Å². The Kier molecular flexibility index (Phi) is 6.88. The Morgan fingerprint density at radius 1 is 1.25 bits per heavy atom. The molecule has 146 valence electrons. The molecule has 1 aliphatic heterocycles. The summed E-state index contributed by atoms with van der Waals surface area (Å²) in [6.07, 6.45) is 0.601. The first kappa shape index (κ1) is 20.6. The number of fused-ring (bicyclic) bond motifs is 1.